The number of rotatable bonds is 8. The fourth-order valence-electron chi connectivity index (χ4n) is 8.94. The zero-order valence-electron chi connectivity index (χ0n) is 58.8. The monoisotopic (exact) mass is 1860 g/mol. The van der Waals surface area contributed by atoms with E-state index in [0.29, 0.717) is 46.1 Å². The van der Waals surface area contributed by atoms with Crippen molar-refractivity contribution < 1.29 is 202 Å². The number of hydrogen-bond acceptors (Lipinski definition) is 22. The molecule has 0 radical (unpaired) electrons. The van der Waals surface area contributed by atoms with Gasteiger partial charge in [0.15, 0.2) is 5.75 Å². The molecule has 0 saturated carbocycles. The first-order chi connectivity index (χ1) is 50.4. The smallest absolute Gasteiger partial charge is 1.00 e. The van der Waals surface area contributed by atoms with Crippen molar-refractivity contribution in [1.29, 1.82) is 0 Å². The van der Waals surface area contributed by atoms with E-state index in [0.717, 1.165) is 70.7 Å². The number of amides is 2. The minimum absolute atomic E-state index is 0. The average molecular weight is 1860 g/mol. The van der Waals surface area contributed by atoms with Gasteiger partial charge in [-0.2, -0.15) is 7.11 Å². The molecular weight excluding hydrogens is 1800 g/mol. The number of carbonyl (C=O) groups excluding carboxylic acids is 3. The van der Waals surface area contributed by atoms with Crippen LogP contribution in [0.25, 0.3) is 0 Å². The molecule has 26 nitrogen and oxygen atoms in total. The molecule has 3 aliphatic heterocycles. The summed E-state index contributed by atoms with van der Waals surface area (Å²) in [4.78, 5) is 79.6. The Morgan fingerprint density at radius 2 is 0.897 bits per heavy atom. The number of benzene rings is 6. The molecule has 0 atom stereocenters. The van der Waals surface area contributed by atoms with Crippen molar-refractivity contribution >= 4 is 126 Å². The Bertz CT molecular complexity index is 4560. The molecule has 6 aromatic carbocycles. The molecule has 6 aromatic heterocycles. The number of phenolic OH excluding ortho intramolecular Hbond substituents is 1. The van der Waals surface area contributed by atoms with Gasteiger partial charge in [0.1, 0.15) is 40.1 Å². The van der Waals surface area contributed by atoms with Crippen LogP contribution in [0.3, 0.4) is 0 Å². The molecule has 9 heterocycles. The Morgan fingerprint density at radius 3 is 1.36 bits per heavy atom. The normalized spacial score (nSPS) is 10.3. The van der Waals surface area contributed by atoms with Gasteiger partial charge >= 0.3 is 144 Å². The van der Waals surface area contributed by atoms with Gasteiger partial charge in [0, 0.05) is 87.1 Å². The number of anilines is 3. The Balaban J connectivity index is 0.000000324. The topological polar surface area (TPSA) is 352 Å². The number of halogens is 4. The largest absolute Gasteiger partial charge is 1.00 e. The van der Waals surface area contributed by atoms with E-state index >= 15 is 0 Å². The Morgan fingerprint density at radius 1 is 0.514 bits per heavy atom. The predicted octanol–water partition coefficient (Wildman–Crippen LogP) is 7.43. The van der Waals surface area contributed by atoms with Gasteiger partial charge in [-0.05, 0) is 188 Å². The van der Waals surface area contributed by atoms with Crippen LogP contribution in [-0.4, -0.2) is 70.3 Å². The van der Waals surface area contributed by atoms with Gasteiger partial charge in [0.05, 0.1) is 26.2 Å². The molecular formula is C74H59ClI3K2N10NaO16. The summed E-state index contributed by atoms with van der Waals surface area (Å²) < 4.78 is 30.9. The van der Waals surface area contributed by atoms with E-state index < -0.39 is 9.85 Å². The Kier molecular flexibility index (Phi) is 43.0. The van der Waals surface area contributed by atoms with E-state index in [9.17, 15) is 29.8 Å². The third kappa shape index (κ3) is 29.3. The summed E-state index contributed by atoms with van der Waals surface area (Å²) in [5, 5.41) is 49.1. The number of ether oxygens (including phenoxy) is 5. The van der Waals surface area contributed by atoms with Crippen molar-refractivity contribution in [1.82, 2.24) is 29.9 Å². The predicted molar refractivity (Wildman–Crippen MR) is 409 cm³/mol. The first kappa shape index (κ1) is 92.3. The summed E-state index contributed by atoms with van der Waals surface area (Å²) in [6, 6.07) is 66.4. The van der Waals surface area contributed by atoms with Crippen LogP contribution in [0.5, 0.6) is 63.9 Å². The third-order valence-electron chi connectivity index (χ3n) is 13.4. The summed E-state index contributed by atoms with van der Waals surface area (Å²) >= 11 is 11.7. The second-order valence-corrected chi connectivity index (χ2v) is 24.2. The molecule has 12 aromatic rings. The standard InChI is InChI=1S/C13H11IN2O2.C13H10N2O2.2C12H9NO.C11H7IN2O3.C6H5IO.C5H3ClN2O2.CH2O3.CH3O.2K.Na.H/c1-9(17)16-11-6-4-8-15-13(11)18-12-7-3-2-5-10(12)14;1-9(16)15-10-5-2-3-7-12(10)17-13-11(15)6-4-8-14-13;2*1-2-6-11-9(4-1)8-10-5-3-7-13-12(10)14-11;12-8-4-1-2-6-10(8)17-11-9(14(15)16)5-3-7-13-11;7-5-3-1-2-4-6(5)8;6-5-4(8(9)10)2-1-3-7-5;2-1-4-3;1-2;;;;/h2-8H,1H3,(H,16,17);2-8H,1H3;2*1-7H,8H2;1-7H;1-4,8H;1-3H;1,3H;1H3;;;;/q;;;;;;;;-1;3*+1;-1/p-1. The first-order valence-corrected chi connectivity index (χ1v) is 33.9. The molecule has 0 unspecified atom stereocenters. The van der Waals surface area contributed by atoms with Crippen LogP contribution >= 0.6 is 79.4 Å². The average Bonchev–Trinajstić information content (AvgIpc) is 0.787. The molecule has 0 bridgehead atoms. The maximum atomic E-state index is 11.8. The molecule has 33 heteroatoms. The van der Waals surface area contributed by atoms with Crippen LogP contribution in [0.1, 0.15) is 37.5 Å². The van der Waals surface area contributed by atoms with E-state index in [-0.39, 0.29) is 174 Å². The van der Waals surface area contributed by atoms with Crippen molar-refractivity contribution in [2.24, 2.45) is 0 Å². The molecule has 0 saturated heterocycles. The number of carbonyl (C=O) groups is 3. The third-order valence-corrected chi connectivity index (χ3v) is 16.4. The molecule has 0 spiro atoms. The number of aromatic hydroxyl groups is 1. The fourth-order valence-corrected chi connectivity index (χ4v) is 10.5. The fraction of sp³-hybridized carbons (Fsp3) is 0.0676. The van der Waals surface area contributed by atoms with Gasteiger partial charge in [-0.1, -0.05) is 109 Å². The summed E-state index contributed by atoms with van der Waals surface area (Å²) in [5.41, 5.74) is 6.46. The number of nitrogens with zero attached hydrogens (tertiary/aromatic N) is 9. The molecule has 2 N–H and O–H groups in total. The molecule has 107 heavy (non-hydrogen) atoms. The maximum absolute atomic E-state index is 11.8. The van der Waals surface area contributed by atoms with Crippen LogP contribution in [-0.2, 0) is 32.1 Å². The number of pyridine rings is 6. The molecule has 0 fully saturated rings. The van der Waals surface area contributed by atoms with E-state index in [1.54, 1.807) is 72.2 Å². The first-order valence-electron chi connectivity index (χ1n) is 30.3. The second kappa shape index (κ2) is 49.8. The zero-order chi connectivity index (χ0) is 74.8. The SMILES string of the molecule is CC(=O)N1c2ccccc2Oc2ncccc21.CC(=O)Nc1cccnc1Oc1ccccc1I.C[O-].O=CO[O-].O=[N+]([O-])c1cccnc1Cl.O=[N+]([O-])c1cccnc1Oc1ccccc1I.Oc1ccccc1I.[H-].[K+].[K+].[Na+].c1ccc2c(c1)Cc1cccnc1O2.c1ccc2c(c1)Cc1cccnc1O2. The number of nitro groups is 2. The number of hydrogen-bond donors (Lipinski definition) is 2. The summed E-state index contributed by atoms with van der Waals surface area (Å²) in [6.45, 7) is 2.79. The number of para-hydroxylation sites is 7. The van der Waals surface area contributed by atoms with Gasteiger partial charge in [0.25, 0.3) is 12.4 Å². The number of nitrogens with one attached hydrogen (secondary N) is 1. The number of phenols is 1. The minimum atomic E-state index is -0.574. The Hall–Kier alpha value is -7.10. The summed E-state index contributed by atoms with van der Waals surface area (Å²) in [6.07, 6.45) is 11.5. The van der Waals surface area contributed by atoms with Crippen LogP contribution < -0.4 is 177 Å². The molecule has 0 aliphatic carbocycles. The van der Waals surface area contributed by atoms with E-state index in [1.165, 1.54) is 61.6 Å². The quantitative estimate of drug-likeness (QED) is 0.0284. The molecule has 2 amide bonds. The number of fused-ring (bicyclic) bond motifs is 6. The van der Waals surface area contributed by atoms with Gasteiger partial charge in [-0.3, -0.25) is 39.5 Å². The van der Waals surface area contributed by atoms with Crippen molar-refractivity contribution in [3.8, 4) is 63.9 Å². The van der Waals surface area contributed by atoms with Crippen molar-refractivity contribution in [2.75, 3.05) is 17.3 Å². The van der Waals surface area contributed by atoms with Gasteiger partial charge in [0.2, 0.25) is 40.5 Å². The summed E-state index contributed by atoms with van der Waals surface area (Å²) in [5.74, 6) is 6.24. The zero-order valence-corrected chi connectivity index (χ0v) is 73.3. The van der Waals surface area contributed by atoms with Crippen LogP contribution in [0.15, 0.2) is 256 Å². The van der Waals surface area contributed by atoms with E-state index in [2.05, 4.69) is 132 Å². The van der Waals surface area contributed by atoms with Crippen molar-refractivity contribution in [3.05, 3.63) is 314 Å². The maximum Gasteiger partial charge on any atom is 1.00 e. The molecule has 15 rings (SSSR count). The van der Waals surface area contributed by atoms with E-state index in [1.807, 2.05) is 127 Å². The van der Waals surface area contributed by atoms with Crippen LogP contribution in [0, 0.1) is 30.9 Å². The van der Waals surface area contributed by atoms with Gasteiger partial charge in [-0.25, -0.2) is 29.9 Å². The van der Waals surface area contributed by atoms with Gasteiger partial charge in [-0.15, -0.1) is 0 Å². The minimum Gasteiger partial charge on any atom is -1.00 e. The molecule has 3 aliphatic rings. The Labute approximate surface area is 768 Å². The van der Waals surface area contributed by atoms with E-state index in [4.69, 9.17) is 55.6 Å². The van der Waals surface area contributed by atoms with Crippen molar-refractivity contribution in [2.45, 2.75) is 26.7 Å². The molecule has 532 valence electrons. The number of aromatic nitrogens is 6. The van der Waals surface area contributed by atoms with Crippen molar-refractivity contribution in [3.63, 3.8) is 0 Å². The van der Waals surface area contributed by atoms with Gasteiger partial charge < -0.3 is 50.8 Å². The summed E-state index contributed by atoms with van der Waals surface area (Å²) in [7, 11) is 0.750. The second-order valence-electron chi connectivity index (χ2n) is 20.4. The van der Waals surface area contributed by atoms with Crippen LogP contribution in [0.4, 0.5) is 28.4 Å². The van der Waals surface area contributed by atoms with Crippen LogP contribution in [0.2, 0.25) is 5.15 Å².